The molecule has 1 aromatic heterocycles. The number of halogens is 1. The van der Waals surface area contributed by atoms with Crippen LogP contribution in [0.2, 0.25) is 5.02 Å². The van der Waals surface area contributed by atoms with E-state index >= 15 is 0 Å². The third kappa shape index (κ3) is 4.39. The van der Waals surface area contributed by atoms with E-state index in [-0.39, 0.29) is 64.0 Å². The second-order valence-electron chi connectivity index (χ2n) is 12.7. The first kappa shape index (κ1) is 28.4. The van der Waals surface area contributed by atoms with Crippen LogP contribution in [0.1, 0.15) is 47.6 Å². The summed E-state index contributed by atoms with van der Waals surface area (Å²) in [4.78, 5) is 60.8. The van der Waals surface area contributed by atoms with Gasteiger partial charge in [0.1, 0.15) is 5.75 Å². The van der Waals surface area contributed by atoms with Gasteiger partial charge in [0.25, 0.3) is 5.91 Å². The van der Waals surface area contributed by atoms with Gasteiger partial charge in [-0.2, -0.15) is 0 Å². The Hall–Kier alpha value is -3.08. The molecule has 3 aliphatic heterocycles. The van der Waals surface area contributed by atoms with Crippen LogP contribution in [-0.4, -0.2) is 52.6 Å². The Morgan fingerprint density at radius 2 is 1.73 bits per heavy atom. The lowest BCUT2D eigenvalue weighted by atomic mass is 9.68. The minimum absolute atomic E-state index is 0.00136. The topological polar surface area (TPSA) is 99.8 Å². The number of aromatic amines is 1. The summed E-state index contributed by atoms with van der Waals surface area (Å²) in [6.07, 6.45) is 3.93. The number of aryl methyl sites for hydroxylation is 1. The first-order valence-corrected chi connectivity index (χ1v) is 17.4. The summed E-state index contributed by atoms with van der Waals surface area (Å²) in [6, 6.07) is 13.0. The normalized spacial score (nSPS) is 30.4. The lowest BCUT2D eigenvalue weighted by molar-refractivity contribution is -0.134. The zero-order chi connectivity index (χ0) is 30.3. The number of benzene rings is 2. The summed E-state index contributed by atoms with van der Waals surface area (Å²) < 4.78 is 6.25. The lowest BCUT2D eigenvalue weighted by Gasteiger charge is -2.43. The molecule has 2 saturated heterocycles. The number of anilines is 1. The average Bonchev–Trinajstić information content (AvgIpc) is 3.76. The van der Waals surface area contributed by atoms with E-state index in [9.17, 15) is 19.2 Å². The number of H-pyrrole nitrogens is 1. The number of hydrogen-bond acceptors (Lipinski definition) is 7. The summed E-state index contributed by atoms with van der Waals surface area (Å²) >= 11 is 9.43. The number of imide groups is 1. The smallest absolute Gasteiger partial charge is 0.305 e. The molecule has 8 nitrogen and oxygen atoms in total. The van der Waals surface area contributed by atoms with Crippen molar-refractivity contribution in [2.75, 3.05) is 24.6 Å². The van der Waals surface area contributed by atoms with Crippen LogP contribution in [0.3, 0.4) is 0 Å². The highest BCUT2D eigenvalue weighted by molar-refractivity contribution is 8.00. The molecule has 228 valence electrons. The van der Waals surface area contributed by atoms with Crippen molar-refractivity contribution in [1.29, 1.82) is 0 Å². The number of nitrogens with zero attached hydrogens (tertiary/aromatic N) is 2. The maximum absolute atomic E-state index is 14.0. The van der Waals surface area contributed by atoms with Gasteiger partial charge in [0.05, 0.1) is 22.5 Å². The van der Waals surface area contributed by atoms with E-state index in [1.54, 1.807) is 17.8 Å². The van der Waals surface area contributed by atoms with Gasteiger partial charge in [-0.15, -0.1) is 11.8 Å². The molecular weight excluding hydrogens is 618 g/mol. The van der Waals surface area contributed by atoms with E-state index in [1.165, 1.54) is 16.2 Å². The van der Waals surface area contributed by atoms with Gasteiger partial charge in [0.2, 0.25) is 11.8 Å². The second kappa shape index (κ2) is 10.8. The molecular formula is C33H32ClN3O5S2. The van der Waals surface area contributed by atoms with Crippen LogP contribution in [0.4, 0.5) is 5.69 Å². The number of nitrogens with one attached hydrogen (secondary N) is 1. The number of thioether (sulfide) groups is 1. The van der Waals surface area contributed by atoms with Crippen LogP contribution in [0.25, 0.3) is 0 Å². The summed E-state index contributed by atoms with van der Waals surface area (Å²) in [5.41, 5.74) is 2.52. The molecule has 6 unspecified atom stereocenters. The van der Waals surface area contributed by atoms with Crippen molar-refractivity contribution >= 4 is 58.1 Å². The fourth-order valence-corrected chi connectivity index (χ4v) is 11.6. The Kier molecular flexibility index (Phi) is 6.95. The molecule has 4 fully saturated rings. The first-order valence-electron chi connectivity index (χ1n) is 15.3. The van der Waals surface area contributed by atoms with Crippen molar-refractivity contribution in [3.05, 3.63) is 73.2 Å². The van der Waals surface area contributed by atoms with Crippen molar-refractivity contribution in [2.24, 2.45) is 29.6 Å². The highest BCUT2D eigenvalue weighted by Crippen LogP contribution is 2.69. The van der Waals surface area contributed by atoms with Crippen LogP contribution >= 0.6 is 34.7 Å². The van der Waals surface area contributed by atoms with Gasteiger partial charge in [-0.05, 0) is 80.7 Å². The molecule has 2 aromatic carbocycles. The van der Waals surface area contributed by atoms with E-state index in [2.05, 4.69) is 4.98 Å². The molecule has 44 heavy (non-hydrogen) atoms. The molecule has 2 bridgehead atoms. The Morgan fingerprint density at radius 3 is 2.48 bits per heavy atom. The summed E-state index contributed by atoms with van der Waals surface area (Å²) in [5.74, 6) is -0.764. The largest absolute Gasteiger partial charge is 0.483 e. The SMILES string of the molecule is Cc1ccc(N2C(=O)C3C4CC(C3C2=O)C2C4Sc3[nH]c(=O)sc3[C@@H]2c2cc(Cl)ccc2OCC(=O)N2CCCCC2)cc1. The molecule has 2 saturated carbocycles. The molecule has 4 heterocycles. The van der Waals surface area contributed by atoms with Gasteiger partial charge >= 0.3 is 4.87 Å². The standard InChI is InChI=1S/C33H32ClN3O5S2/c1-16-5-8-18(9-6-16)37-31(39)26-20-14-21(27(26)32(37)40)28-25(20)24(29-30(43-28)35-33(41)44-29)19-13-17(34)7-10-22(19)42-15-23(38)36-11-3-2-4-12-36/h5-10,13,20-21,24-28H,2-4,11-12,14-15H2,1H3,(H,35,41)/t20?,21?,24-,25?,26?,27?,28?/m1/s1. The Balaban J connectivity index is 1.16. The van der Waals surface area contributed by atoms with Crippen molar-refractivity contribution in [3.63, 3.8) is 0 Å². The zero-order valence-corrected chi connectivity index (χ0v) is 26.6. The molecule has 2 aliphatic carbocycles. The molecule has 3 aromatic rings. The minimum Gasteiger partial charge on any atom is -0.483 e. The van der Waals surface area contributed by atoms with Crippen LogP contribution in [-0.2, 0) is 14.4 Å². The van der Waals surface area contributed by atoms with E-state index in [4.69, 9.17) is 16.3 Å². The zero-order valence-electron chi connectivity index (χ0n) is 24.2. The maximum Gasteiger partial charge on any atom is 0.305 e. The van der Waals surface area contributed by atoms with Crippen LogP contribution < -0.4 is 14.5 Å². The molecule has 1 N–H and O–H groups in total. The second-order valence-corrected chi connectivity index (χ2v) is 15.4. The number of rotatable bonds is 5. The number of fused-ring (bicyclic) bond motifs is 9. The number of piperidine rings is 1. The fraction of sp³-hybridized carbons (Fsp3) is 0.455. The predicted molar refractivity (Wildman–Crippen MR) is 170 cm³/mol. The molecule has 11 heteroatoms. The summed E-state index contributed by atoms with van der Waals surface area (Å²) in [7, 11) is 0. The number of likely N-dealkylation sites (tertiary alicyclic amines) is 1. The molecule has 5 aliphatic rings. The molecule has 8 rings (SSSR count). The summed E-state index contributed by atoms with van der Waals surface area (Å²) in [5, 5.41) is 1.39. The fourth-order valence-electron chi connectivity index (χ4n) is 8.58. The third-order valence-electron chi connectivity index (χ3n) is 10.4. The lowest BCUT2D eigenvalue weighted by Crippen LogP contribution is -2.43. The van der Waals surface area contributed by atoms with Gasteiger partial charge in [-0.3, -0.25) is 24.1 Å². The Bertz CT molecular complexity index is 1730. The minimum atomic E-state index is -0.403. The van der Waals surface area contributed by atoms with Gasteiger partial charge in [-0.25, -0.2) is 0 Å². The number of amides is 3. The van der Waals surface area contributed by atoms with E-state index in [0.29, 0.717) is 16.5 Å². The van der Waals surface area contributed by atoms with Gasteiger partial charge in [0.15, 0.2) is 6.61 Å². The monoisotopic (exact) mass is 649 g/mol. The molecule has 0 radical (unpaired) electrons. The number of thiazole rings is 1. The predicted octanol–water partition coefficient (Wildman–Crippen LogP) is 5.47. The molecule has 3 amide bonds. The molecule has 7 atom stereocenters. The van der Waals surface area contributed by atoms with Crippen molar-refractivity contribution in [1.82, 2.24) is 9.88 Å². The highest BCUT2D eigenvalue weighted by Gasteiger charge is 2.69. The van der Waals surface area contributed by atoms with E-state index in [1.807, 2.05) is 48.2 Å². The number of ether oxygens (including phenoxy) is 1. The highest BCUT2D eigenvalue weighted by atomic mass is 35.5. The Labute approximate surface area is 268 Å². The van der Waals surface area contributed by atoms with Gasteiger partial charge in [0, 0.05) is 39.7 Å². The third-order valence-corrected chi connectivity index (χ3v) is 13.2. The van der Waals surface area contributed by atoms with Crippen molar-refractivity contribution in [2.45, 2.75) is 48.8 Å². The van der Waals surface area contributed by atoms with Crippen LogP contribution in [0.5, 0.6) is 5.75 Å². The first-order chi connectivity index (χ1) is 21.3. The van der Waals surface area contributed by atoms with Crippen LogP contribution in [0.15, 0.2) is 52.3 Å². The number of hydrogen-bond donors (Lipinski definition) is 1. The number of carbonyl (C=O) groups is 3. The van der Waals surface area contributed by atoms with Crippen LogP contribution in [0, 0.1) is 36.5 Å². The summed E-state index contributed by atoms with van der Waals surface area (Å²) in [6.45, 7) is 3.40. The van der Waals surface area contributed by atoms with Gasteiger partial charge < -0.3 is 14.6 Å². The number of aromatic nitrogens is 1. The van der Waals surface area contributed by atoms with E-state index in [0.717, 1.165) is 59.8 Å². The Morgan fingerprint density at radius 1 is 1.00 bits per heavy atom. The molecule has 0 spiro atoms. The average molecular weight is 650 g/mol. The maximum atomic E-state index is 14.0. The van der Waals surface area contributed by atoms with E-state index < -0.39 is 5.92 Å². The van der Waals surface area contributed by atoms with Crippen molar-refractivity contribution in [3.8, 4) is 5.75 Å². The quantitative estimate of drug-likeness (QED) is 0.368. The van der Waals surface area contributed by atoms with Crippen molar-refractivity contribution < 1.29 is 19.1 Å². The number of carbonyl (C=O) groups excluding carboxylic acids is 3. The van der Waals surface area contributed by atoms with Gasteiger partial charge in [-0.1, -0.05) is 40.6 Å².